The molecule has 0 radical (unpaired) electrons. The highest BCUT2D eigenvalue weighted by Crippen LogP contribution is 2.12. The molecule has 1 fully saturated rings. The highest BCUT2D eigenvalue weighted by atomic mass is 16.1. The van der Waals surface area contributed by atoms with E-state index in [1.165, 1.54) is 37.9 Å². The molecule has 88 valence electrons. The lowest BCUT2D eigenvalue weighted by molar-refractivity contribution is -0.106. The highest BCUT2D eigenvalue weighted by Gasteiger charge is 2.09. The first-order valence-electron chi connectivity index (χ1n) is 5.78. The maximum atomic E-state index is 8.58. The minimum atomic E-state index is 0.250. The van der Waals surface area contributed by atoms with E-state index in [0.717, 1.165) is 6.54 Å². The standard InChI is InChI=1S/C12H17N.CH3NO/c1-3-7-12(8-4-1)11-13-9-5-2-6-10-13;2-1-3/h1,3-4,7-8H,2,5-6,9-11H2;1H,(H2,2,3). The zero-order chi connectivity index (χ0) is 11.6. The van der Waals surface area contributed by atoms with Gasteiger partial charge in [-0.1, -0.05) is 36.8 Å². The number of nitrogens with zero attached hydrogens (tertiary/aromatic N) is 1. The fourth-order valence-electron chi connectivity index (χ4n) is 1.96. The van der Waals surface area contributed by atoms with Gasteiger partial charge in [-0.3, -0.25) is 9.69 Å². The Labute approximate surface area is 97.2 Å². The quantitative estimate of drug-likeness (QED) is 0.772. The topological polar surface area (TPSA) is 46.3 Å². The third kappa shape index (κ3) is 4.94. The fraction of sp³-hybridized carbons (Fsp3) is 0.462. The number of likely N-dealkylation sites (tertiary alicyclic amines) is 1. The van der Waals surface area contributed by atoms with Gasteiger partial charge in [-0.05, 0) is 31.5 Å². The van der Waals surface area contributed by atoms with Crippen LogP contribution in [-0.4, -0.2) is 24.4 Å². The van der Waals surface area contributed by atoms with Crippen LogP contribution in [0.1, 0.15) is 24.8 Å². The monoisotopic (exact) mass is 220 g/mol. The van der Waals surface area contributed by atoms with Crippen LogP contribution in [-0.2, 0) is 11.3 Å². The summed E-state index contributed by atoms with van der Waals surface area (Å²) in [7, 11) is 0. The number of amides is 1. The molecule has 2 N–H and O–H groups in total. The third-order valence-corrected chi connectivity index (χ3v) is 2.70. The molecule has 0 aliphatic carbocycles. The lowest BCUT2D eigenvalue weighted by Gasteiger charge is -2.26. The number of nitrogens with two attached hydrogens (primary N) is 1. The molecule has 0 unspecified atom stereocenters. The second-order valence-electron chi connectivity index (χ2n) is 3.96. The summed E-state index contributed by atoms with van der Waals surface area (Å²) < 4.78 is 0. The number of hydrogen-bond donors (Lipinski definition) is 1. The number of rotatable bonds is 2. The van der Waals surface area contributed by atoms with E-state index >= 15 is 0 Å². The summed E-state index contributed by atoms with van der Waals surface area (Å²) in [4.78, 5) is 11.1. The number of benzene rings is 1. The Bertz CT molecular complexity index is 281. The largest absolute Gasteiger partial charge is 0.372 e. The first kappa shape index (κ1) is 12.7. The van der Waals surface area contributed by atoms with Crippen LogP contribution in [0.5, 0.6) is 0 Å². The molecule has 1 heterocycles. The van der Waals surface area contributed by atoms with Gasteiger partial charge in [0.25, 0.3) is 0 Å². The van der Waals surface area contributed by atoms with Gasteiger partial charge < -0.3 is 5.73 Å². The molecule has 1 amide bonds. The molecule has 0 saturated carbocycles. The SMILES string of the molecule is NC=O.c1ccc(CN2CCCCC2)cc1. The molecule has 1 aromatic carbocycles. The summed E-state index contributed by atoms with van der Waals surface area (Å²) in [5.74, 6) is 0. The lowest BCUT2D eigenvalue weighted by atomic mass is 10.1. The Kier molecular flexibility index (Phi) is 6.26. The van der Waals surface area contributed by atoms with E-state index in [1.807, 2.05) is 0 Å². The van der Waals surface area contributed by atoms with Gasteiger partial charge in [0.05, 0.1) is 0 Å². The van der Waals surface area contributed by atoms with E-state index in [-0.39, 0.29) is 6.41 Å². The first-order valence-corrected chi connectivity index (χ1v) is 5.78. The molecule has 1 saturated heterocycles. The van der Waals surface area contributed by atoms with Gasteiger partial charge in [0.15, 0.2) is 0 Å². The van der Waals surface area contributed by atoms with Gasteiger partial charge in [0.2, 0.25) is 6.41 Å². The highest BCUT2D eigenvalue weighted by molar-refractivity contribution is 5.42. The first-order chi connectivity index (χ1) is 7.86. The molecule has 0 aromatic heterocycles. The number of carbonyl (C=O) groups excluding carboxylic acids is 1. The molecule has 0 spiro atoms. The van der Waals surface area contributed by atoms with Crippen molar-refractivity contribution in [3.63, 3.8) is 0 Å². The van der Waals surface area contributed by atoms with Crippen LogP contribution in [0.4, 0.5) is 0 Å². The molecule has 0 bridgehead atoms. The van der Waals surface area contributed by atoms with E-state index in [2.05, 4.69) is 41.0 Å². The molecule has 0 atom stereocenters. The van der Waals surface area contributed by atoms with Gasteiger partial charge in [-0.25, -0.2) is 0 Å². The van der Waals surface area contributed by atoms with Crippen LogP contribution in [0.15, 0.2) is 30.3 Å². The van der Waals surface area contributed by atoms with Crippen LogP contribution in [0.3, 0.4) is 0 Å². The van der Waals surface area contributed by atoms with E-state index in [1.54, 1.807) is 0 Å². The lowest BCUT2D eigenvalue weighted by Crippen LogP contribution is -2.28. The maximum Gasteiger partial charge on any atom is 0.204 e. The third-order valence-electron chi connectivity index (χ3n) is 2.70. The summed E-state index contributed by atoms with van der Waals surface area (Å²) in [5, 5.41) is 0. The predicted molar refractivity (Wildman–Crippen MR) is 65.8 cm³/mol. The average molecular weight is 220 g/mol. The van der Waals surface area contributed by atoms with E-state index < -0.39 is 0 Å². The average Bonchev–Trinajstić information content (AvgIpc) is 2.33. The maximum absolute atomic E-state index is 8.58. The van der Waals surface area contributed by atoms with Crippen molar-refractivity contribution in [2.75, 3.05) is 13.1 Å². The van der Waals surface area contributed by atoms with Crippen molar-refractivity contribution in [3.05, 3.63) is 35.9 Å². The van der Waals surface area contributed by atoms with Crippen molar-refractivity contribution in [2.24, 2.45) is 5.73 Å². The van der Waals surface area contributed by atoms with Crippen molar-refractivity contribution in [3.8, 4) is 0 Å². The molecule has 1 aliphatic heterocycles. The van der Waals surface area contributed by atoms with Crippen LogP contribution in [0.2, 0.25) is 0 Å². The Hall–Kier alpha value is -1.35. The van der Waals surface area contributed by atoms with Gasteiger partial charge in [-0.2, -0.15) is 0 Å². The molecule has 3 heteroatoms. The number of piperidine rings is 1. The van der Waals surface area contributed by atoms with Crippen LogP contribution in [0.25, 0.3) is 0 Å². The number of primary amides is 1. The van der Waals surface area contributed by atoms with Crippen LogP contribution < -0.4 is 5.73 Å². The summed E-state index contributed by atoms with van der Waals surface area (Å²) in [5.41, 5.74) is 5.62. The summed E-state index contributed by atoms with van der Waals surface area (Å²) in [6.07, 6.45) is 4.44. The van der Waals surface area contributed by atoms with E-state index in [4.69, 9.17) is 4.79 Å². The smallest absolute Gasteiger partial charge is 0.204 e. The molecule has 1 aromatic rings. The molecular weight excluding hydrogens is 200 g/mol. The molecule has 16 heavy (non-hydrogen) atoms. The molecule has 2 rings (SSSR count). The van der Waals surface area contributed by atoms with E-state index in [9.17, 15) is 0 Å². The zero-order valence-corrected chi connectivity index (χ0v) is 9.64. The van der Waals surface area contributed by atoms with Crippen molar-refractivity contribution >= 4 is 6.41 Å². The molecule has 3 nitrogen and oxygen atoms in total. The predicted octanol–water partition coefficient (Wildman–Crippen LogP) is 1.77. The van der Waals surface area contributed by atoms with Gasteiger partial charge in [0.1, 0.15) is 0 Å². The molecular formula is C13H20N2O. The Morgan fingerprint density at radius 2 is 1.69 bits per heavy atom. The van der Waals surface area contributed by atoms with Gasteiger partial charge >= 0.3 is 0 Å². The molecule has 1 aliphatic rings. The van der Waals surface area contributed by atoms with E-state index in [0.29, 0.717) is 0 Å². The minimum Gasteiger partial charge on any atom is -0.372 e. The van der Waals surface area contributed by atoms with Crippen molar-refractivity contribution in [1.29, 1.82) is 0 Å². The number of hydrogen-bond acceptors (Lipinski definition) is 2. The second-order valence-corrected chi connectivity index (χ2v) is 3.96. The van der Waals surface area contributed by atoms with Crippen molar-refractivity contribution in [1.82, 2.24) is 4.90 Å². The van der Waals surface area contributed by atoms with Gasteiger partial charge in [0, 0.05) is 6.54 Å². The summed E-state index contributed by atoms with van der Waals surface area (Å²) in [6.45, 7) is 3.71. The number of carbonyl (C=O) groups is 1. The Morgan fingerprint density at radius 3 is 2.25 bits per heavy atom. The van der Waals surface area contributed by atoms with Crippen LogP contribution in [0, 0.1) is 0 Å². The fourth-order valence-corrected chi connectivity index (χ4v) is 1.96. The summed E-state index contributed by atoms with van der Waals surface area (Å²) in [6, 6.07) is 10.8. The minimum absolute atomic E-state index is 0.250. The van der Waals surface area contributed by atoms with Gasteiger partial charge in [-0.15, -0.1) is 0 Å². The normalized spacial score (nSPS) is 16.0. The van der Waals surface area contributed by atoms with Crippen LogP contribution >= 0.6 is 0 Å². The zero-order valence-electron chi connectivity index (χ0n) is 9.64. The van der Waals surface area contributed by atoms with Crippen molar-refractivity contribution < 1.29 is 4.79 Å². The summed E-state index contributed by atoms with van der Waals surface area (Å²) >= 11 is 0. The van der Waals surface area contributed by atoms with Crippen molar-refractivity contribution in [2.45, 2.75) is 25.8 Å². The Morgan fingerprint density at radius 1 is 1.12 bits per heavy atom. The Balaban J connectivity index is 0.000000386. The second kappa shape index (κ2) is 7.88.